The van der Waals surface area contributed by atoms with Crippen LogP contribution in [-0.2, 0) is 0 Å². The summed E-state index contributed by atoms with van der Waals surface area (Å²) < 4.78 is 9.69. The van der Waals surface area contributed by atoms with Gasteiger partial charge in [-0.15, -0.1) is 0 Å². The Hall–Kier alpha value is -2.95. The van der Waals surface area contributed by atoms with Crippen molar-refractivity contribution in [3.8, 4) is 16.9 Å². The molecule has 1 atom stereocenters. The van der Waals surface area contributed by atoms with Crippen molar-refractivity contribution in [1.82, 2.24) is 14.2 Å². The van der Waals surface area contributed by atoms with Crippen molar-refractivity contribution in [3.63, 3.8) is 0 Å². The number of hydrogen-bond acceptors (Lipinski definition) is 2. The van der Waals surface area contributed by atoms with E-state index in [0.29, 0.717) is 10.0 Å². The summed E-state index contributed by atoms with van der Waals surface area (Å²) in [6, 6.07) is 16.1. The minimum Gasteiger partial charge on any atom is -0.497 e. The molecule has 0 saturated heterocycles. The summed E-state index contributed by atoms with van der Waals surface area (Å²) in [5.41, 5.74) is 7.60. The van der Waals surface area contributed by atoms with E-state index >= 15 is 0 Å². The van der Waals surface area contributed by atoms with Gasteiger partial charge < -0.3 is 9.30 Å². The summed E-state index contributed by atoms with van der Waals surface area (Å²) in [5.74, 6) is 0.860. The number of hydrogen-bond donors (Lipinski definition) is 0. The summed E-state index contributed by atoms with van der Waals surface area (Å²) in [4.78, 5) is 0. The Labute approximate surface area is 203 Å². The van der Waals surface area contributed by atoms with E-state index in [-0.39, 0.29) is 6.04 Å². The number of aryl methyl sites for hydroxylation is 3. The lowest BCUT2D eigenvalue weighted by molar-refractivity contribution is 0.414. The zero-order valence-corrected chi connectivity index (χ0v) is 20.8. The van der Waals surface area contributed by atoms with Crippen LogP contribution in [0.5, 0.6) is 5.75 Å². The molecule has 33 heavy (non-hydrogen) atoms. The highest BCUT2D eigenvalue weighted by Crippen LogP contribution is 2.38. The lowest BCUT2D eigenvalue weighted by Crippen LogP contribution is -2.10. The number of ether oxygens (including phenoxy) is 1. The van der Waals surface area contributed by atoms with Crippen LogP contribution in [-0.4, -0.2) is 21.3 Å². The van der Waals surface area contributed by atoms with Gasteiger partial charge in [-0.05, 0) is 69.7 Å². The Morgan fingerprint density at radius 2 is 1.61 bits per heavy atom. The van der Waals surface area contributed by atoms with Gasteiger partial charge in [-0.2, -0.15) is 5.10 Å². The van der Waals surface area contributed by atoms with Gasteiger partial charge in [0.05, 0.1) is 24.4 Å². The highest BCUT2D eigenvalue weighted by Gasteiger charge is 2.22. The second-order valence-corrected chi connectivity index (χ2v) is 9.35. The summed E-state index contributed by atoms with van der Waals surface area (Å²) in [6.45, 7) is 8.67. The number of halogens is 2. The normalized spacial score (nSPS) is 12.6. The second kappa shape index (κ2) is 8.12. The average molecular weight is 478 g/mol. The molecule has 0 aliphatic rings. The van der Waals surface area contributed by atoms with Crippen molar-refractivity contribution in [2.75, 3.05) is 7.11 Å². The monoisotopic (exact) mass is 477 g/mol. The van der Waals surface area contributed by atoms with Crippen molar-refractivity contribution in [2.45, 2.75) is 33.7 Å². The highest BCUT2D eigenvalue weighted by atomic mass is 35.5. The molecule has 0 spiro atoms. The van der Waals surface area contributed by atoms with Crippen LogP contribution in [0.1, 0.15) is 35.6 Å². The first kappa shape index (κ1) is 21.9. The third-order valence-electron chi connectivity index (χ3n) is 6.60. The van der Waals surface area contributed by atoms with Gasteiger partial charge in [-0.25, -0.2) is 4.52 Å². The Bertz CT molecular complexity index is 1510. The summed E-state index contributed by atoms with van der Waals surface area (Å²) in [7, 11) is 1.69. The second-order valence-electron chi connectivity index (χ2n) is 8.51. The first-order chi connectivity index (χ1) is 15.8. The molecule has 0 N–H and O–H groups in total. The van der Waals surface area contributed by atoms with Crippen molar-refractivity contribution in [1.29, 1.82) is 0 Å². The van der Waals surface area contributed by atoms with Crippen molar-refractivity contribution in [2.24, 2.45) is 0 Å². The molecule has 6 heteroatoms. The van der Waals surface area contributed by atoms with Crippen LogP contribution >= 0.6 is 23.2 Å². The molecule has 0 aliphatic carbocycles. The molecule has 0 unspecified atom stereocenters. The molecule has 0 aliphatic heterocycles. The molecular weight excluding hydrogens is 453 g/mol. The smallest absolute Gasteiger partial charge is 0.118 e. The minimum atomic E-state index is 0.166. The van der Waals surface area contributed by atoms with Crippen LogP contribution in [0.25, 0.3) is 27.4 Å². The van der Waals surface area contributed by atoms with E-state index in [1.165, 1.54) is 27.7 Å². The number of methoxy groups -OCH3 is 1. The fraction of sp³-hybridized carbons (Fsp3) is 0.222. The molecule has 0 saturated carbocycles. The topological polar surface area (TPSA) is 31.5 Å². The zero-order valence-electron chi connectivity index (χ0n) is 19.3. The molecule has 0 bridgehead atoms. The van der Waals surface area contributed by atoms with Gasteiger partial charge in [0.25, 0.3) is 0 Å². The Balaban J connectivity index is 1.73. The van der Waals surface area contributed by atoms with Crippen LogP contribution in [0.4, 0.5) is 0 Å². The summed E-state index contributed by atoms with van der Waals surface area (Å²) in [6.07, 6.45) is 2.03. The fourth-order valence-corrected chi connectivity index (χ4v) is 5.42. The number of aromatic nitrogens is 3. The Morgan fingerprint density at radius 1 is 0.909 bits per heavy atom. The molecule has 5 rings (SSSR count). The first-order valence-electron chi connectivity index (χ1n) is 10.9. The highest BCUT2D eigenvalue weighted by molar-refractivity contribution is 6.35. The average Bonchev–Trinajstić information content (AvgIpc) is 3.33. The molecular formula is C27H25Cl2N3O. The van der Waals surface area contributed by atoms with E-state index in [1.807, 2.05) is 35.0 Å². The minimum absolute atomic E-state index is 0.166. The molecule has 0 amide bonds. The van der Waals surface area contributed by atoms with Gasteiger partial charge >= 0.3 is 0 Å². The standard InChI is InChI=1S/C27H25Cl2N3O/c1-15-26-17(3)32(16(2)19-6-9-22(33-5)10-7-19)18(4)27(26)25-12-20(14-31(25)30-15)23-13-21(28)8-11-24(23)29/h6-14,16H,1-5H3/t16-/m1/s1. The molecule has 3 heterocycles. The Morgan fingerprint density at radius 3 is 2.30 bits per heavy atom. The van der Waals surface area contributed by atoms with Crippen LogP contribution < -0.4 is 4.74 Å². The predicted octanol–water partition coefficient (Wildman–Crippen LogP) is 7.81. The van der Waals surface area contributed by atoms with Crippen LogP contribution in [0.2, 0.25) is 10.0 Å². The van der Waals surface area contributed by atoms with Gasteiger partial charge in [-0.1, -0.05) is 35.3 Å². The molecule has 0 radical (unpaired) electrons. The number of rotatable bonds is 4. The van der Waals surface area contributed by atoms with E-state index < -0.39 is 0 Å². The van der Waals surface area contributed by atoms with Gasteiger partial charge in [-0.3, -0.25) is 0 Å². The molecule has 168 valence electrons. The fourth-order valence-electron chi connectivity index (χ4n) is 5.02. The quantitative estimate of drug-likeness (QED) is 0.264. The predicted molar refractivity (Wildman–Crippen MR) is 137 cm³/mol. The molecule has 2 aromatic carbocycles. The first-order valence-corrected chi connectivity index (χ1v) is 11.6. The Kier molecular flexibility index (Phi) is 5.38. The van der Waals surface area contributed by atoms with E-state index in [9.17, 15) is 0 Å². The SMILES string of the molecule is COc1ccc([C@@H](C)n2c(C)c3c(C)nn4cc(-c5cc(Cl)ccc5Cl)cc4c3c2C)cc1. The van der Waals surface area contributed by atoms with Gasteiger partial charge in [0, 0.05) is 49.5 Å². The van der Waals surface area contributed by atoms with Crippen molar-refractivity contribution >= 4 is 39.5 Å². The van der Waals surface area contributed by atoms with Crippen LogP contribution in [0, 0.1) is 20.8 Å². The van der Waals surface area contributed by atoms with E-state index in [0.717, 1.165) is 28.1 Å². The number of fused-ring (bicyclic) bond motifs is 3. The maximum absolute atomic E-state index is 6.50. The molecule has 0 fully saturated rings. The summed E-state index contributed by atoms with van der Waals surface area (Å²) >= 11 is 12.8. The van der Waals surface area contributed by atoms with Crippen LogP contribution in [0.3, 0.4) is 0 Å². The molecule has 3 aromatic heterocycles. The number of benzene rings is 2. The maximum Gasteiger partial charge on any atom is 0.118 e. The lowest BCUT2D eigenvalue weighted by atomic mass is 10.1. The van der Waals surface area contributed by atoms with E-state index in [1.54, 1.807) is 13.2 Å². The lowest BCUT2D eigenvalue weighted by Gasteiger charge is -2.19. The van der Waals surface area contributed by atoms with Gasteiger partial charge in [0.1, 0.15) is 5.75 Å². The summed E-state index contributed by atoms with van der Waals surface area (Å²) in [5, 5.41) is 8.62. The maximum atomic E-state index is 6.50. The van der Waals surface area contributed by atoms with Crippen molar-refractivity contribution in [3.05, 3.63) is 87.4 Å². The van der Waals surface area contributed by atoms with Crippen LogP contribution in [0.15, 0.2) is 54.7 Å². The van der Waals surface area contributed by atoms with E-state index in [2.05, 4.69) is 50.5 Å². The molecule has 5 aromatic rings. The number of nitrogens with zero attached hydrogens (tertiary/aromatic N) is 3. The zero-order chi connectivity index (χ0) is 23.4. The largest absolute Gasteiger partial charge is 0.497 e. The van der Waals surface area contributed by atoms with E-state index in [4.69, 9.17) is 33.0 Å². The third kappa shape index (κ3) is 3.49. The van der Waals surface area contributed by atoms with Gasteiger partial charge in [0.2, 0.25) is 0 Å². The molecule has 4 nitrogen and oxygen atoms in total. The third-order valence-corrected chi connectivity index (χ3v) is 7.16. The van der Waals surface area contributed by atoms with Crippen molar-refractivity contribution < 1.29 is 4.74 Å². The van der Waals surface area contributed by atoms with Gasteiger partial charge in [0.15, 0.2) is 0 Å².